The van der Waals surface area contributed by atoms with E-state index in [0.717, 1.165) is 0 Å². The van der Waals surface area contributed by atoms with Crippen LogP contribution in [0.2, 0.25) is 0 Å². The van der Waals surface area contributed by atoms with E-state index in [1.807, 2.05) is 0 Å². The van der Waals surface area contributed by atoms with Gasteiger partial charge in [0, 0.05) is 53.8 Å². The van der Waals surface area contributed by atoms with Crippen LogP contribution in [0.4, 0.5) is 0 Å². The van der Waals surface area contributed by atoms with Gasteiger partial charge >= 0.3 is 0 Å². The molecule has 59 valence electrons. The van der Waals surface area contributed by atoms with Gasteiger partial charge in [0.2, 0.25) is 0 Å². The monoisotopic (exact) mass is 399 g/mol. The van der Waals surface area contributed by atoms with Crippen molar-refractivity contribution in [3.8, 4) is 0 Å². The predicted octanol–water partition coefficient (Wildman–Crippen LogP) is -0.777. The van der Waals surface area contributed by atoms with Gasteiger partial charge in [0.05, 0.1) is 0 Å². The van der Waals surface area contributed by atoms with Crippen molar-refractivity contribution in [2.24, 2.45) is 0 Å². The van der Waals surface area contributed by atoms with E-state index in [4.69, 9.17) is 9.90 Å². The van der Waals surface area contributed by atoms with Crippen molar-refractivity contribution >= 4 is 6.47 Å². The van der Waals surface area contributed by atoms with Crippen LogP contribution in [0, 0.1) is 6.92 Å². The molecule has 0 unspecified atom stereocenters. The minimum absolute atomic E-state index is 0. The van der Waals surface area contributed by atoms with E-state index in [9.17, 15) is 0 Å². The summed E-state index contributed by atoms with van der Waals surface area (Å²) in [6.07, 6.45) is 1.50. The first-order valence-electron chi connectivity index (χ1n) is 1.95. The van der Waals surface area contributed by atoms with Crippen LogP contribution in [0.25, 0.3) is 0 Å². The average molecular weight is 399 g/mol. The fourth-order valence-electron chi connectivity index (χ4n) is 0.202. The van der Waals surface area contributed by atoms with Crippen molar-refractivity contribution in [2.75, 3.05) is 0 Å². The predicted molar refractivity (Wildman–Crippen MR) is 28.1 cm³/mol. The fraction of sp³-hybridized carbons (Fsp3) is 0. The normalized spacial score (nSPS) is 5.82. The molecule has 7 heteroatoms. The molecule has 0 bridgehead atoms. The summed E-state index contributed by atoms with van der Waals surface area (Å²) in [5.74, 6) is 0. The van der Waals surface area contributed by atoms with Gasteiger partial charge in [-0.1, -0.05) is 6.47 Å². The van der Waals surface area contributed by atoms with Crippen LogP contribution in [0.3, 0.4) is 0 Å². The quantitative estimate of drug-likeness (QED) is 0.580. The van der Waals surface area contributed by atoms with E-state index in [2.05, 4.69) is 22.3 Å². The van der Waals surface area contributed by atoms with Gasteiger partial charge in [-0.25, -0.2) is 13.1 Å². The molecule has 0 aliphatic carbocycles. The Hall–Kier alpha value is 0.272. The Morgan fingerprint density at radius 3 is 2.27 bits per heavy atom. The smallest absolute Gasteiger partial charge is 0 e. The van der Waals surface area contributed by atoms with Crippen molar-refractivity contribution in [1.82, 2.24) is 15.4 Å². The first-order chi connectivity index (χ1) is 4.31. The third-order valence-corrected chi connectivity index (χ3v) is 0.432. The first kappa shape index (κ1) is 17.4. The number of aromatic nitrogens is 3. The van der Waals surface area contributed by atoms with Gasteiger partial charge in [-0.15, -0.1) is 0 Å². The van der Waals surface area contributed by atoms with Crippen LogP contribution in [0.5, 0.6) is 0 Å². The minimum Gasteiger partial charge on any atom is -0.665 e. The van der Waals surface area contributed by atoms with Crippen molar-refractivity contribution < 1.29 is 63.7 Å². The Kier molecular flexibility index (Phi) is 20.4. The van der Waals surface area contributed by atoms with Gasteiger partial charge in [-0.3, -0.25) is 5.21 Å². The fourth-order valence-corrected chi connectivity index (χ4v) is 0.202. The van der Waals surface area contributed by atoms with Crippen molar-refractivity contribution in [3.05, 3.63) is 18.8 Å². The Balaban J connectivity index is -0.000000116. The van der Waals surface area contributed by atoms with E-state index >= 15 is 0 Å². The maximum atomic E-state index is 8.24. The summed E-state index contributed by atoms with van der Waals surface area (Å²) in [6, 6.07) is 0. The molecular weight excluding hydrogens is 395 g/mol. The number of aliphatic hydroxyl groups excluding tert-OH is 1. The summed E-state index contributed by atoms with van der Waals surface area (Å²) in [5, 5.41) is 16.9. The molecule has 0 spiro atoms. The van der Waals surface area contributed by atoms with Gasteiger partial charge in [-0.2, -0.15) is 5.69 Å². The van der Waals surface area contributed by atoms with Gasteiger partial charge in [0.15, 0.2) is 0 Å². The zero-order valence-electron chi connectivity index (χ0n) is 5.47. The van der Waals surface area contributed by atoms with Crippen LogP contribution >= 0.6 is 0 Å². The summed E-state index contributed by atoms with van der Waals surface area (Å²) < 4.78 is 0. The molecule has 1 heterocycles. The number of hydrogen-bond donors (Lipinski definition) is 1. The maximum absolute atomic E-state index is 8.24. The van der Waals surface area contributed by atoms with E-state index in [0.29, 0.717) is 12.2 Å². The second-order valence-electron chi connectivity index (χ2n) is 1.02. The van der Waals surface area contributed by atoms with E-state index in [1.165, 1.54) is 6.20 Å². The molecule has 1 N–H and O–H groups in total. The van der Waals surface area contributed by atoms with Crippen molar-refractivity contribution in [1.29, 1.82) is 0 Å². The molecule has 0 saturated carbocycles. The van der Waals surface area contributed by atoms with Crippen LogP contribution in [0.1, 0.15) is 5.69 Å². The number of rotatable bonds is 0. The van der Waals surface area contributed by atoms with Gasteiger partial charge in [-0.05, 0) is 0 Å². The molecule has 0 saturated heterocycles. The summed E-state index contributed by atoms with van der Waals surface area (Å²) in [4.78, 5) is 8.24. The molecule has 0 aliphatic heterocycles. The van der Waals surface area contributed by atoms with Crippen molar-refractivity contribution in [3.63, 3.8) is 0 Å². The van der Waals surface area contributed by atoms with Crippen LogP contribution in [0.15, 0.2) is 6.20 Å². The molecule has 1 aromatic rings. The molecular formula is C4H4N3O2WY-3. The van der Waals surface area contributed by atoms with E-state index < -0.39 is 0 Å². The molecule has 1 aromatic heterocycles. The van der Waals surface area contributed by atoms with Crippen LogP contribution in [-0.4, -0.2) is 21.9 Å². The van der Waals surface area contributed by atoms with Crippen LogP contribution in [-0.2, 0) is 58.6 Å². The molecule has 0 fully saturated rings. The molecule has 1 radical (unpaired) electrons. The summed E-state index contributed by atoms with van der Waals surface area (Å²) in [6.45, 7) is 3.94. The van der Waals surface area contributed by atoms with E-state index in [-0.39, 0.29) is 53.8 Å². The third-order valence-electron chi connectivity index (χ3n) is 0.432. The summed E-state index contributed by atoms with van der Waals surface area (Å²) >= 11 is 0. The number of nitrogens with zero attached hydrogens (tertiary/aromatic N) is 3. The zero-order valence-corrected chi connectivity index (χ0v) is 11.2. The Bertz CT molecular complexity index is 158. The van der Waals surface area contributed by atoms with E-state index in [1.54, 1.807) is 0 Å². The first-order valence-corrected chi connectivity index (χ1v) is 1.95. The molecule has 0 amide bonds. The molecule has 5 nitrogen and oxygen atoms in total. The Labute approximate surface area is 103 Å². The molecule has 1 rings (SSSR count). The maximum Gasteiger partial charge on any atom is 0 e. The van der Waals surface area contributed by atoms with Gasteiger partial charge < -0.3 is 20.1 Å². The zero-order chi connectivity index (χ0) is 7.11. The molecule has 0 aromatic carbocycles. The Morgan fingerprint density at radius 1 is 1.73 bits per heavy atom. The summed E-state index contributed by atoms with van der Waals surface area (Å²) in [7, 11) is 0. The average Bonchev–Trinajstić information content (AvgIpc) is 2.20. The van der Waals surface area contributed by atoms with Crippen molar-refractivity contribution in [2.45, 2.75) is 0 Å². The number of hydrogen-bond acceptors (Lipinski definition) is 3. The van der Waals surface area contributed by atoms with Crippen LogP contribution < -0.4 is 5.10 Å². The second kappa shape index (κ2) is 12.9. The third kappa shape index (κ3) is 13.3. The minimum atomic E-state index is 0. The SMILES string of the molecule is O=[C-]O.[CH2-]c1c[n-]nn1.[W].[Y]. The van der Waals surface area contributed by atoms with Gasteiger partial charge in [0.25, 0.3) is 0 Å². The molecule has 0 aliphatic rings. The second-order valence-corrected chi connectivity index (χ2v) is 1.02. The summed E-state index contributed by atoms with van der Waals surface area (Å²) in [5.41, 5.74) is 0.620. The largest absolute Gasteiger partial charge is 0.665 e. The molecule has 0 atom stereocenters. The standard InChI is InChI=1S/C3H3N3.CHO2.W.Y/c1-3-2-4-6-5-3;2-1-3;;/h2H,1H2;(H,2,3);;/q-2;-1;;. The molecule has 11 heavy (non-hydrogen) atoms. The van der Waals surface area contributed by atoms with Gasteiger partial charge in [0.1, 0.15) is 0 Å². The topological polar surface area (TPSA) is 77.2 Å². The Morgan fingerprint density at radius 2 is 2.18 bits per heavy atom.